The quantitative estimate of drug-likeness (QED) is 0.260. The number of rotatable bonds is 4. The molecule has 1 aliphatic heterocycles. The van der Waals surface area contributed by atoms with Crippen molar-refractivity contribution in [3.05, 3.63) is 48.6 Å². The highest BCUT2D eigenvalue weighted by molar-refractivity contribution is 6.16. The molecular formula is C13H14O4. The minimum absolute atomic E-state index is 0.0644. The smallest absolute Gasteiger partial charge is 0.351 e. The third-order valence-electron chi connectivity index (χ3n) is 2.31. The van der Waals surface area contributed by atoms with Crippen molar-refractivity contribution < 1.29 is 19.4 Å². The fraction of sp³-hybridized carbons (Fsp3) is 0.231. The number of esters is 1. The Morgan fingerprint density at radius 3 is 2.59 bits per heavy atom. The topological polar surface area (TPSA) is 63.6 Å². The summed E-state index contributed by atoms with van der Waals surface area (Å²) >= 11 is 0. The Morgan fingerprint density at radius 2 is 2.06 bits per heavy atom. The minimum Gasteiger partial charge on any atom is -0.458 e. The predicted octanol–water partition coefficient (Wildman–Crippen LogP) is 1.09. The molecule has 0 aromatic heterocycles. The van der Waals surface area contributed by atoms with Crippen molar-refractivity contribution in [2.24, 2.45) is 0 Å². The van der Waals surface area contributed by atoms with Crippen LogP contribution in [-0.2, 0) is 14.3 Å². The van der Waals surface area contributed by atoms with E-state index in [1.54, 1.807) is 18.2 Å². The number of carbonyl (C=O) groups is 2. The van der Waals surface area contributed by atoms with Gasteiger partial charge in [0, 0.05) is 5.57 Å². The molecule has 0 bridgehead atoms. The van der Waals surface area contributed by atoms with E-state index < -0.39 is 17.4 Å². The van der Waals surface area contributed by atoms with Gasteiger partial charge < -0.3 is 9.84 Å². The molecule has 1 rings (SSSR count). The van der Waals surface area contributed by atoms with E-state index in [2.05, 4.69) is 11.3 Å². The molecule has 1 fully saturated rings. The number of carbonyl (C=O) groups excluding carboxylic acids is 2. The van der Waals surface area contributed by atoms with E-state index in [1.807, 2.05) is 13.0 Å². The van der Waals surface area contributed by atoms with Gasteiger partial charge in [-0.1, -0.05) is 37.0 Å². The molecule has 0 aromatic carbocycles. The van der Waals surface area contributed by atoms with Crippen molar-refractivity contribution >= 4 is 11.8 Å². The van der Waals surface area contributed by atoms with Crippen LogP contribution in [0.3, 0.4) is 0 Å². The van der Waals surface area contributed by atoms with Gasteiger partial charge in [0.05, 0.1) is 0 Å². The summed E-state index contributed by atoms with van der Waals surface area (Å²) < 4.78 is 4.57. The third-order valence-corrected chi connectivity index (χ3v) is 2.31. The van der Waals surface area contributed by atoms with E-state index in [4.69, 9.17) is 0 Å². The van der Waals surface area contributed by atoms with E-state index >= 15 is 0 Å². The Bertz CT molecular complexity index is 411. The summed E-state index contributed by atoms with van der Waals surface area (Å²) in [7, 11) is 0. The van der Waals surface area contributed by atoms with Crippen molar-refractivity contribution in [2.45, 2.75) is 12.5 Å². The second-order valence-corrected chi connectivity index (χ2v) is 3.52. The van der Waals surface area contributed by atoms with Gasteiger partial charge in [0.1, 0.15) is 6.61 Å². The monoisotopic (exact) mass is 234 g/mol. The maximum Gasteiger partial charge on any atom is 0.351 e. The lowest BCUT2D eigenvalue weighted by Crippen LogP contribution is -2.43. The number of cyclic esters (lactones) is 1. The Labute approximate surface area is 99.6 Å². The first-order chi connectivity index (χ1) is 8.03. The average molecular weight is 234 g/mol. The SMILES string of the molecule is C=C1COC(=O)C1(O)C(=O)C=CC=CC=CC. The molecule has 0 aromatic rings. The second-order valence-electron chi connectivity index (χ2n) is 3.52. The van der Waals surface area contributed by atoms with Crippen molar-refractivity contribution in [1.29, 1.82) is 0 Å². The van der Waals surface area contributed by atoms with Crippen LogP contribution in [0.1, 0.15) is 6.92 Å². The molecule has 0 saturated carbocycles. The summed E-state index contributed by atoms with van der Waals surface area (Å²) in [5.74, 6) is -1.70. The fourth-order valence-electron chi connectivity index (χ4n) is 1.28. The Balaban J connectivity index is 2.76. The molecule has 1 heterocycles. The molecule has 4 heteroatoms. The van der Waals surface area contributed by atoms with Gasteiger partial charge in [0.25, 0.3) is 0 Å². The summed E-state index contributed by atoms with van der Waals surface area (Å²) in [6.07, 6.45) is 9.51. The highest BCUT2D eigenvalue weighted by atomic mass is 16.6. The first kappa shape index (κ1) is 13.1. The van der Waals surface area contributed by atoms with Gasteiger partial charge in [-0.15, -0.1) is 0 Å². The molecule has 1 atom stereocenters. The molecular weight excluding hydrogens is 220 g/mol. The fourth-order valence-corrected chi connectivity index (χ4v) is 1.28. The Hall–Kier alpha value is -1.94. The lowest BCUT2D eigenvalue weighted by atomic mass is 9.92. The van der Waals surface area contributed by atoms with Crippen LogP contribution in [-0.4, -0.2) is 29.1 Å². The molecule has 90 valence electrons. The van der Waals surface area contributed by atoms with Crippen molar-refractivity contribution in [1.82, 2.24) is 0 Å². The summed E-state index contributed by atoms with van der Waals surface area (Å²) in [4.78, 5) is 22.9. The number of allylic oxidation sites excluding steroid dienone is 5. The van der Waals surface area contributed by atoms with Crippen LogP contribution in [0.5, 0.6) is 0 Å². The van der Waals surface area contributed by atoms with Gasteiger partial charge >= 0.3 is 5.97 Å². The first-order valence-electron chi connectivity index (χ1n) is 5.11. The first-order valence-corrected chi connectivity index (χ1v) is 5.11. The van der Waals surface area contributed by atoms with Gasteiger partial charge in [0.2, 0.25) is 11.4 Å². The molecule has 1 N–H and O–H groups in total. The van der Waals surface area contributed by atoms with E-state index in [0.717, 1.165) is 6.08 Å². The van der Waals surface area contributed by atoms with Crippen LogP contribution in [0.2, 0.25) is 0 Å². The third kappa shape index (κ3) is 2.60. The average Bonchev–Trinajstić information content (AvgIpc) is 2.57. The Kier molecular flexibility index (Phi) is 4.17. The summed E-state index contributed by atoms with van der Waals surface area (Å²) in [6.45, 7) is 5.20. The van der Waals surface area contributed by atoms with Crippen molar-refractivity contribution in [3.63, 3.8) is 0 Å². The molecule has 1 unspecified atom stereocenters. The lowest BCUT2D eigenvalue weighted by Gasteiger charge is -2.14. The zero-order chi connectivity index (χ0) is 12.9. The minimum atomic E-state index is -2.22. The molecule has 4 nitrogen and oxygen atoms in total. The number of aliphatic hydroxyl groups is 1. The number of hydrogen-bond acceptors (Lipinski definition) is 4. The van der Waals surface area contributed by atoms with Gasteiger partial charge in [-0.3, -0.25) is 4.79 Å². The lowest BCUT2D eigenvalue weighted by molar-refractivity contribution is -0.156. The molecule has 1 aliphatic rings. The standard InChI is InChI=1S/C13H14O4/c1-3-4-5-6-7-8-11(14)13(16)10(2)9-17-12(13)15/h3-8,16H,2,9H2,1H3. The van der Waals surface area contributed by atoms with Crippen molar-refractivity contribution in [3.8, 4) is 0 Å². The van der Waals surface area contributed by atoms with Crippen LogP contribution in [0.4, 0.5) is 0 Å². The summed E-state index contributed by atoms with van der Waals surface area (Å²) in [5, 5.41) is 9.89. The molecule has 0 amide bonds. The van der Waals surface area contributed by atoms with Crippen LogP contribution in [0.25, 0.3) is 0 Å². The zero-order valence-corrected chi connectivity index (χ0v) is 9.55. The highest BCUT2D eigenvalue weighted by Gasteiger charge is 2.51. The van der Waals surface area contributed by atoms with E-state index in [1.165, 1.54) is 6.08 Å². The van der Waals surface area contributed by atoms with Gasteiger partial charge in [-0.2, -0.15) is 0 Å². The van der Waals surface area contributed by atoms with Crippen LogP contribution >= 0.6 is 0 Å². The molecule has 0 aliphatic carbocycles. The zero-order valence-electron chi connectivity index (χ0n) is 9.55. The summed E-state index contributed by atoms with van der Waals surface area (Å²) in [5.41, 5.74) is -2.15. The number of ketones is 1. The molecule has 1 saturated heterocycles. The largest absolute Gasteiger partial charge is 0.458 e. The Morgan fingerprint density at radius 1 is 1.41 bits per heavy atom. The van der Waals surface area contributed by atoms with Gasteiger partial charge in [0.15, 0.2) is 0 Å². The van der Waals surface area contributed by atoms with Crippen LogP contribution in [0.15, 0.2) is 48.6 Å². The van der Waals surface area contributed by atoms with E-state index in [-0.39, 0.29) is 12.2 Å². The van der Waals surface area contributed by atoms with E-state index in [0.29, 0.717) is 0 Å². The normalized spacial score (nSPS) is 25.3. The van der Waals surface area contributed by atoms with Gasteiger partial charge in [-0.05, 0) is 13.0 Å². The maximum absolute atomic E-state index is 11.7. The number of hydrogen-bond donors (Lipinski definition) is 1. The predicted molar refractivity (Wildman–Crippen MR) is 63.1 cm³/mol. The summed E-state index contributed by atoms with van der Waals surface area (Å²) in [6, 6.07) is 0. The van der Waals surface area contributed by atoms with Gasteiger partial charge in [-0.25, -0.2) is 4.79 Å². The molecule has 0 spiro atoms. The van der Waals surface area contributed by atoms with Crippen LogP contribution in [0, 0.1) is 0 Å². The van der Waals surface area contributed by atoms with Crippen molar-refractivity contribution in [2.75, 3.05) is 6.61 Å². The molecule has 0 radical (unpaired) electrons. The van der Waals surface area contributed by atoms with Crippen LogP contribution < -0.4 is 0 Å². The second kappa shape index (κ2) is 5.41. The highest BCUT2D eigenvalue weighted by Crippen LogP contribution is 2.26. The van der Waals surface area contributed by atoms with E-state index in [9.17, 15) is 14.7 Å². The number of ether oxygens (including phenoxy) is 1. The molecule has 17 heavy (non-hydrogen) atoms. The maximum atomic E-state index is 11.7.